The maximum absolute atomic E-state index is 12.9. The molecule has 32 heavy (non-hydrogen) atoms. The van der Waals surface area contributed by atoms with Gasteiger partial charge >= 0.3 is 0 Å². The molecule has 0 saturated heterocycles. The van der Waals surface area contributed by atoms with Crippen molar-refractivity contribution < 1.29 is 27.5 Å². The van der Waals surface area contributed by atoms with E-state index in [-0.39, 0.29) is 16.4 Å². The van der Waals surface area contributed by atoms with Crippen LogP contribution in [0.3, 0.4) is 0 Å². The van der Waals surface area contributed by atoms with E-state index >= 15 is 0 Å². The number of methoxy groups -OCH3 is 2. The van der Waals surface area contributed by atoms with Crippen molar-refractivity contribution in [3.63, 3.8) is 0 Å². The number of nitrogens with zero attached hydrogens (tertiary/aromatic N) is 1. The smallest absolute Gasteiger partial charge is 0.252 e. The van der Waals surface area contributed by atoms with Gasteiger partial charge in [-0.2, -0.15) is 0 Å². The summed E-state index contributed by atoms with van der Waals surface area (Å²) in [5.41, 5.74) is 0.702. The van der Waals surface area contributed by atoms with Gasteiger partial charge in [-0.25, -0.2) is 12.7 Å². The van der Waals surface area contributed by atoms with Crippen LogP contribution in [-0.2, 0) is 14.8 Å². The predicted molar refractivity (Wildman–Crippen MR) is 122 cm³/mol. The van der Waals surface area contributed by atoms with E-state index in [4.69, 9.17) is 9.47 Å². The van der Waals surface area contributed by atoms with E-state index < -0.39 is 27.9 Å². The number of amides is 2. The number of carbonyl (C=O) groups excluding carboxylic acids is 2. The van der Waals surface area contributed by atoms with Crippen LogP contribution in [0.15, 0.2) is 47.4 Å². The van der Waals surface area contributed by atoms with Crippen molar-refractivity contribution in [1.29, 1.82) is 0 Å². The second-order valence-electron chi connectivity index (χ2n) is 7.60. The molecule has 174 valence electrons. The molecule has 0 fully saturated rings. The molecule has 0 aromatic heterocycles. The van der Waals surface area contributed by atoms with Crippen molar-refractivity contribution in [2.45, 2.75) is 24.8 Å². The zero-order valence-corrected chi connectivity index (χ0v) is 19.8. The Kier molecular flexibility index (Phi) is 8.23. The fraction of sp³-hybridized carbons (Fsp3) is 0.364. The summed E-state index contributed by atoms with van der Waals surface area (Å²) in [7, 11) is 2.28. The van der Waals surface area contributed by atoms with E-state index in [1.165, 1.54) is 52.6 Å². The molecule has 1 atom stereocenters. The van der Waals surface area contributed by atoms with Crippen LogP contribution in [0.1, 0.15) is 24.2 Å². The van der Waals surface area contributed by atoms with E-state index in [2.05, 4.69) is 10.6 Å². The fourth-order valence-corrected chi connectivity index (χ4v) is 3.74. The van der Waals surface area contributed by atoms with Gasteiger partial charge in [0.15, 0.2) is 0 Å². The average molecular weight is 464 g/mol. The predicted octanol–water partition coefficient (Wildman–Crippen LogP) is 2.35. The molecular formula is C22H29N3O6S. The van der Waals surface area contributed by atoms with Gasteiger partial charge in [0.05, 0.1) is 19.1 Å². The Morgan fingerprint density at radius 1 is 0.938 bits per heavy atom. The third kappa shape index (κ3) is 5.98. The molecule has 0 unspecified atom stereocenters. The largest absolute Gasteiger partial charge is 0.497 e. The quantitative estimate of drug-likeness (QED) is 0.590. The van der Waals surface area contributed by atoms with Crippen LogP contribution in [0.4, 0.5) is 5.69 Å². The Morgan fingerprint density at radius 2 is 1.47 bits per heavy atom. The van der Waals surface area contributed by atoms with Crippen molar-refractivity contribution >= 4 is 27.5 Å². The molecule has 0 aliphatic carbocycles. The molecule has 0 aliphatic rings. The second-order valence-corrected chi connectivity index (χ2v) is 9.75. The molecule has 0 heterocycles. The zero-order valence-electron chi connectivity index (χ0n) is 19.0. The van der Waals surface area contributed by atoms with Gasteiger partial charge < -0.3 is 20.1 Å². The van der Waals surface area contributed by atoms with Gasteiger partial charge in [-0.15, -0.1) is 0 Å². The van der Waals surface area contributed by atoms with E-state index in [1.807, 2.05) is 13.8 Å². The number of carbonyl (C=O) groups is 2. The number of nitrogens with one attached hydrogen (secondary N) is 2. The highest BCUT2D eigenvalue weighted by molar-refractivity contribution is 7.89. The van der Waals surface area contributed by atoms with Gasteiger partial charge in [-0.05, 0) is 42.3 Å². The minimum atomic E-state index is -3.57. The SMILES string of the molecule is COc1cc(OC)cc(C(=O)N[C@H](C(=O)Nc2ccc(S(=O)(=O)N(C)C)cc2)C(C)C)c1. The Labute approximate surface area is 188 Å². The number of ether oxygens (including phenoxy) is 2. The molecule has 10 heteroatoms. The van der Waals surface area contributed by atoms with Crippen molar-refractivity contribution in [1.82, 2.24) is 9.62 Å². The Bertz CT molecular complexity index is 1040. The summed E-state index contributed by atoms with van der Waals surface area (Å²) in [6, 6.07) is 9.75. The molecule has 2 aromatic rings. The number of benzene rings is 2. The van der Waals surface area contributed by atoms with Crippen molar-refractivity contribution in [3.05, 3.63) is 48.0 Å². The summed E-state index contributed by atoms with van der Waals surface area (Å²) in [6.07, 6.45) is 0. The van der Waals surface area contributed by atoms with E-state index in [1.54, 1.807) is 18.2 Å². The molecule has 0 aliphatic heterocycles. The number of hydrogen-bond donors (Lipinski definition) is 2. The van der Waals surface area contributed by atoms with Crippen LogP contribution in [0.5, 0.6) is 11.5 Å². The Hall–Kier alpha value is -3.11. The highest BCUT2D eigenvalue weighted by Crippen LogP contribution is 2.23. The summed E-state index contributed by atoms with van der Waals surface area (Å²) in [4.78, 5) is 25.8. The third-order valence-corrected chi connectivity index (χ3v) is 6.58. The Balaban J connectivity index is 2.17. The van der Waals surface area contributed by atoms with Crippen LogP contribution in [0, 0.1) is 5.92 Å². The first kappa shape index (κ1) is 25.2. The highest BCUT2D eigenvalue weighted by Gasteiger charge is 2.25. The lowest BCUT2D eigenvalue weighted by Crippen LogP contribution is -2.47. The highest BCUT2D eigenvalue weighted by atomic mass is 32.2. The maximum atomic E-state index is 12.9. The minimum Gasteiger partial charge on any atom is -0.497 e. The van der Waals surface area contributed by atoms with Crippen LogP contribution >= 0.6 is 0 Å². The van der Waals surface area contributed by atoms with Crippen LogP contribution in [-0.4, -0.2) is 58.9 Å². The molecule has 2 aromatic carbocycles. The first-order valence-corrected chi connectivity index (χ1v) is 11.3. The lowest BCUT2D eigenvalue weighted by atomic mass is 10.0. The maximum Gasteiger partial charge on any atom is 0.252 e. The molecular weight excluding hydrogens is 434 g/mol. The first-order chi connectivity index (χ1) is 15.0. The number of anilines is 1. The normalized spacial score (nSPS) is 12.4. The molecule has 0 saturated carbocycles. The summed E-state index contributed by atoms with van der Waals surface area (Å²) < 4.78 is 35.9. The van der Waals surface area contributed by atoms with Crippen molar-refractivity contribution in [2.24, 2.45) is 5.92 Å². The Morgan fingerprint density at radius 3 is 1.91 bits per heavy atom. The number of hydrogen-bond acceptors (Lipinski definition) is 6. The second kappa shape index (κ2) is 10.5. The first-order valence-electron chi connectivity index (χ1n) is 9.87. The lowest BCUT2D eigenvalue weighted by Gasteiger charge is -2.22. The molecule has 0 spiro atoms. The number of sulfonamides is 1. The van der Waals surface area contributed by atoms with E-state index in [9.17, 15) is 18.0 Å². The monoisotopic (exact) mass is 463 g/mol. The standard InChI is InChI=1S/C22H29N3O6S/c1-14(2)20(24-21(26)15-11-17(30-5)13-18(12-15)31-6)22(27)23-16-7-9-19(10-8-16)32(28,29)25(3)4/h7-14,20H,1-6H3,(H,23,27)(H,24,26)/t20-/m0/s1. The molecule has 9 nitrogen and oxygen atoms in total. The van der Waals surface area contributed by atoms with Gasteiger partial charge in [-0.3, -0.25) is 9.59 Å². The molecule has 2 rings (SSSR count). The fourth-order valence-electron chi connectivity index (χ4n) is 2.84. The van der Waals surface area contributed by atoms with Gasteiger partial charge in [-0.1, -0.05) is 13.8 Å². The lowest BCUT2D eigenvalue weighted by molar-refractivity contribution is -0.118. The van der Waals surface area contributed by atoms with Gasteiger partial charge in [0, 0.05) is 31.4 Å². The van der Waals surface area contributed by atoms with E-state index in [0.717, 1.165) is 4.31 Å². The van der Waals surface area contributed by atoms with E-state index in [0.29, 0.717) is 17.2 Å². The van der Waals surface area contributed by atoms with Crippen molar-refractivity contribution in [2.75, 3.05) is 33.6 Å². The van der Waals surface area contributed by atoms with Gasteiger partial charge in [0.1, 0.15) is 17.5 Å². The molecule has 2 N–H and O–H groups in total. The van der Waals surface area contributed by atoms with Gasteiger partial charge in [0.2, 0.25) is 15.9 Å². The molecule has 0 radical (unpaired) electrons. The van der Waals surface area contributed by atoms with Crippen LogP contribution in [0.25, 0.3) is 0 Å². The molecule has 2 amide bonds. The summed E-state index contributed by atoms with van der Waals surface area (Å²) >= 11 is 0. The summed E-state index contributed by atoms with van der Waals surface area (Å²) in [5.74, 6) is -0.185. The number of rotatable bonds is 9. The summed E-state index contributed by atoms with van der Waals surface area (Å²) in [6.45, 7) is 3.62. The van der Waals surface area contributed by atoms with Crippen LogP contribution in [0.2, 0.25) is 0 Å². The summed E-state index contributed by atoms with van der Waals surface area (Å²) in [5, 5.41) is 5.46. The van der Waals surface area contributed by atoms with Gasteiger partial charge in [0.25, 0.3) is 5.91 Å². The topological polar surface area (TPSA) is 114 Å². The third-order valence-electron chi connectivity index (χ3n) is 4.75. The average Bonchev–Trinajstić information content (AvgIpc) is 2.76. The zero-order chi connectivity index (χ0) is 24.1. The molecule has 0 bridgehead atoms. The minimum absolute atomic E-state index is 0.112. The van der Waals surface area contributed by atoms with Crippen molar-refractivity contribution in [3.8, 4) is 11.5 Å². The van der Waals surface area contributed by atoms with Crippen LogP contribution < -0.4 is 20.1 Å².